The lowest BCUT2D eigenvalue weighted by atomic mass is 10.1. The second-order valence-corrected chi connectivity index (χ2v) is 5.67. The molecule has 118 valence electrons. The number of hydrogen-bond acceptors (Lipinski definition) is 7. The molecule has 0 radical (unpaired) electrons. The summed E-state index contributed by atoms with van der Waals surface area (Å²) in [6.07, 6.45) is 3.19. The lowest BCUT2D eigenvalue weighted by molar-refractivity contribution is 0.219. The van der Waals surface area contributed by atoms with Gasteiger partial charge in [-0.25, -0.2) is 4.98 Å². The molecule has 0 aliphatic rings. The van der Waals surface area contributed by atoms with E-state index in [1.54, 1.807) is 19.3 Å². The van der Waals surface area contributed by atoms with Crippen molar-refractivity contribution in [1.29, 1.82) is 0 Å². The summed E-state index contributed by atoms with van der Waals surface area (Å²) in [4.78, 5) is 4.53. The number of ether oxygens (including phenoxy) is 1. The average molecular weight is 329 g/mol. The molecule has 0 spiro atoms. The van der Waals surface area contributed by atoms with Crippen LogP contribution in [0.4, 0.5) is 0 Å². The molecule has 0 amide bonds. The van der Waals surface area contributed by atoms with E-state index in [-0.39, 0.29) is 5.82 Å². The third-order valence-corrected chi connectivity index (χ3v) is 4.02. The van der Waals surface area contributed by atoms with Crippen molar-refractivity contribution in [3.63, 3.8) is 0 Å². The third kappa shape index (κ3) is 3.99. The van der Waals surface area contributed by atoms with Gasteiger partial charge in [0, 0.05) is 11.8 Å². The number of nitrogens with one attached hydrogen (secondary N) is 1. The minimum atomic E-state index is -0.900. The van der Waals surface area contributed by atoms with E-state index in [1.165, 1.54) is 16.9 Å². The largest absolute Gasteiger partial charge is 0.497 e. The zero-order valence-electron chi connectivity index (χ0n) is 12.4. The standard InChI is InChI=1S/C15H15N5O2S/c1-22-12-4-2-10(3-5-12)8-11-9-23-14(16-11)7-6-13(21)15-17-19-20-18-15/h2-7,9,13,21H,8H2,1H3,(H,17,18,19,20). The Hall–Kier alpha value is -2.58. The van der Waals surface area contributed by atoms with Crippen molar-refractivity contribution >= 4 is 17.4 Å². The number of benzene rings is 1. The molecule has 2 aromatic heterocycles. The first kappa shape index (κ1) is 15.3. The number of rotatable bonds is 6. The molecule has 0 aliphatic heterocycles. The molecular formula is C15H15N5O2S. The molecule has 2 N–H and O–H groups in total. The molecule has 2 heterocycles. The van der Waals surface area contributed by atoms with Gasteiger partial charge < -0.3 is 9.84 Å². The van der Waals surface area contributed by atoms with E-state index in [0.29, 0.717) is 0 Å². The summed E-state index contributed by atoms with van der Waals surface area (Å²) in [5, 5.41) is 25.8. The lowest BCUT2D eigenvalue weighted by Gasteiger charge is -2.01. The van der Waals surface area contributed by atoms with Crippen molar-refractivity contribution in [3.05, 3.63) is 57.8 Å². The molecular weight excluding hydrogens is 314 g/mol. The van der Waals surface area contributed by atoms with Crippen LogP contribution in [0, 0.1) is 0 Å². The van der Waals surface area contributed by atoms with Gasteiger partial charge >= 0.3 is 0 Å². The zero-order chi connectivity index (χ0) is 16.1. The number of aromatic nitrogens is 5. The SMILES string of the molecule is COc1ccc(Cc2csc(C=CC(O)c3nn[nH]n3)n2)cc1. The topological polar surface area (TPSA) is 96.8 Å². The van der Waals surface area contributed by atoms with Gasteiger partial charge in [0.05, 0.1) is 12.8 Å². The van der Waals surface area contributed by atoms with E-state index in [4.69, 9.17) is 4.74 Å². The first-order chi connectivity index (χ1) is 11.2. The minimum Gasteiger partial charge on any atom is -0.497 e. The molecule has 7 nitrogen and oxygen atoms in total. The van der Waals surface area contributed by atoms with Gasteiger partial charge in [-0.3, -0.25) is 0 Å². The molecule has 0 fully saturated rings. The van der Waals surface area contributed by atoms with Gasteiger partial charge in [0.1, 0.15) is 16.9 Å². The van der Waals surface area contributed by atoms with Crippen LogP contribution < -0.4 is 4.74 Å². The highest BCUT2D eigenvalue weighted by molar-refractivity contribution is 7.10. The van der Waals surface area contributed by atoms with Crippen LogP contribution in [0.15, 0.2) is 35.7 Å². The van der Waals surface area contributed by atoms with Crippen molar-refractivity contribution in [3.8, 4) is 5.75 Å². The molecule has 1 atom stereocenters. The van der Waals surface area contributed by atoms with E-state index in [1.807, 2.05) is 29.6 Å². The molecule has 0 saturated heterocycles. The number of nitrogens with zero attached hydrogens (tertiary/aromatic N) is 4. The predicted octanol–water partition coefficient (Wildman–Crippen LogP) is 2.00. The quantitative estimate of drug-likeness (QED) is 0.718. The van der Waals surface area contributed by atoms with Gasteiger partial charge in [-0.1, -0.05) is 17.3 Å². The van der Waals surface area contributed by atoms with Gasteiger partial charge in [-0.2, -0.15) is 5.21 Å². The fraction of sp³-hybridized carbons (Fsp3) is 0.200. The Labute approximate surface area is 136 Å². The number of hydrogen-bond donors (Lipinski definition) is 2. The molecule has 0 aliphatic carbocycles. The number of aliphatic hydroxyl groups excluding tert-OH is 1. The van der Waals surface area contributed by atoms with Crippen LogP contribution in [0.3, 0.4) is 0 Å². The maximum Gasteiger partial charge on any atom is 0.206 e. The Bertz CT molecular complexity index is 768. The van der Waals surface area contributed by atoms with Gasteiger partial charge in [-0.05, 0) is 29.8 Å². The lowest BCUT2D eigenvalue weighted by Crippen LogP contribution is -1.95. The number of aliphatic hydroxyl groups is 1. The highest BCUT2D eigenvalue weighted by Gasteiger charge is 2.08. The molecule has 1 aromatic carbocycles. The summed E-state index contributed by atoms with van der Waals surface area (Å²) in [5.74, 6) is 1.07. The van der Waals surface area contributed by atoms with E-state index in [0.717, 1.165) is 22.9 Å². The molecule has 8 heteroatoms. The smallest absolute Gasteiger partial charge is 0.206 e. The van der Waals surface area contributed by atoms with E-state index in [9.17, 15) is 5.11 Å². The number of H-pyrrole nitrogens is 1. The van der Waals surface area contributed by atoms with Crippen LogP contribution in [0.2, 0.25) is 0 Å². The summed E-state index contributed by atoms with van der Waals surface area (Å²) < 4.78 is 5.15. The van der Waals surface area contributed by atoms with Gasteiger partial charge in [0.15, 0.2) is 0 Å². The van der Waals surface area contributed by atoms with E-state index < -0.39 is 6.10 Å². The summed E-state index contributed by atoms with van der Waals surface area (Å²) >= 11 is 1.52. The van der Waals surface area contributed by atoms with Crippen LogP contribution in [0.1, 0.15) is 28.2 Å². The van der Waals surface area contributed by atoms with Crippen LogP contribution in [0.5, 0.6) is 5.75 Å². The van der Waals surface area contributed by atoms with E-state index in [2.05, 4.69) is 25.6 Å². The molecule has 0 saturated carbocycles. The van der Waals surface area contributed by atoms with Crippen LogP contribution in [-0.2, 0) is 6.42 Å². The van der Waals surface area contributed by atoms with Crippen LogP contribution >= 0.6 is 11.3 Å². The van der Waals surface area contributed by atoms with Crippen molar-refractivity contribution in [2.75, 3.05) is 7.11 Å². The van der Waals surface area contributed by atoms with Gasteiger partial charge in [0.25, 0.3) is 0 Å². The Morgan fingerprint density at radius 2 is 2.17 bits per heavy atom. The second kappa shape index (κ2) is 7.12. The zero-order valence-corrected chi connectivity index (χ0v) is 13.2. The summed E-state index contributed by atoms with van der Waals surface area (Å²) in [5.41, 5.74) is 2.15. The Morgan fingerprint density at radius 1 is 1.35 bits per heavy atom. The van der Waals surface area contributed by atoms with Crippen molar-refractivity contribution < 1.29 is 9.84 Å². The number of thiazole rings is 1. The van der Waals surface area contributed by atoms with Crippen LogP contribution in [-0.4, -0.2) is 37.8 Å². The number of tetrazole rings is 1. The molecule has 3 rings (SSSR count). The molecule has 0 bridgehead atoms. The summed E-state index contributed by atoms with van der Waals surface area (Å²) in [6, 6.07) is 7.91. The summed E-state index contributed by atoms with van der Waals surface area (Å²) in [6.45, 7) is 0. The van der Waals surface area contributed by atoms with Crippen molar-refractivity contribution in [2.45, 2.75) is 12.5 Å². The molecule has 1 unspecified atom stereocenters. The number of aromatic amines is 1. The third-order valence-electron chi connectivity index (χ3n) is 3.16. The monoisotopic (exact) mass is 329 g/mol. The maximum absolute atomic E-state index is 9.86. The molecule has 3 aromatic rings. The van der Waals surface area contributed by atoms with Crippen LogP contribution in [0.25, 0.3) is 6.08 Å². The Balaban J connectivity index is 1.63. The maximum atomic E-state index is 9.86. The highest BCUT2D eigenvalue weighted by Crippen LogP contribution is 2.18. The average Bonchev–Trinajstić information content (AvgIpc) is 3.25. The number of methoxy groups -OCH3 is 1. The first-order valence-electron chi connectivity index (χ1n) is 6.91. The minimum absolute atomic E-state index is 0.233. The highest BCUT2D eigenvalue weighted by atomic mass is 32.1. The summed E-state index contributed by atoms with van der Waals surface area (Å²) in [7, 11) is 1.65. The van der Waals surface area contributed by atoms with Gasteiger partial charge in [-0.15, -0.1) is 21.5 Å². The fourth-order valence-corrected chi connectivity index (χ4v) is 2.71. The first-order valence-corrected chi connectivity index (χ1v) is 7.79. The van der Waals surface area contributed by atoms with Gasteiger partial charge in [0.2, 0.25) is 5.82 Å². The molecule has 23 heavy (non-hydrogen) atoms. The Kier molecular flexibility index (Phi) is 4.74. The normalized spacial score (nSPS) is 12.6. The Morgan fingerprint density at radius 3 is 2.87 bits per heavy atom. The van der Waals surface area contributed by atoms with Crippen molar-refractivity contribution in [2.24, 2.45) is 0 Å². The van der Waals surface area contributed by atoms with Crippen molar-refractivity contribution in [1.82, 2.24) is 25.6 Å². The second-order valence-electron chi connectivity index (χ2n) is 4.78. The van der Waals surface area contributed by atoms with E-state index >= 15 is 0 Å². The predicted molar refractivity (Wildman–Crippen MR) is 86.1 cm³/mol. The fourth-order valence-electron chi connectivity index (χ4n) is 1.99.